The summed E-state index contributed by atoms with van der Waals surface area (Å²) in [7, 11) is 0. The average Bonchev–Trinajstić information content (AvgIpc) is 2.86. The monoisotopic (exact) mass is 160 g/mol. The number of hydrogen-bond acceptors (Lipinski definition) is 1. The quantitative estimate of drug-likeness (QED) is 0.610. The Labute approximate surface area is 74.2 Å². The highest BCUT2D eigenvalue weighted by molar-refractivity contribution is 5.40. The van der Waals surface area contributed by atoms with E-state index in [0.717, 1.165) is 13.1 Å². The van der Waals surface area contributed by atoms with Crippen LogP contribution in [-0.2, 0) is 12.0 Å². The van der Waals surface area contributed by atoms with Crippen LogP contribution >= 0.6 is 0 Å². The molecule has 3 rings (SSSR count). The third-order valence-electron chi connectivity index (χ3n) is 3.15. The Balaban J connectivity index is 2.15. The standard InChI is InChI=1S/C11H13N/c1-2-4-10-9(3-1)7-12-8-11(10)5-6-11/h1-4,12H,5-8H2/i1D. The summed E-state index contributed by atoms with van der Waals surface area (Å²) in [6.45, 7) is 2.08. The molecule has 0 aromatic heterocycles. The first-order chi connectivity index (χ1) is 6.30. The predicted molar refractivity (Wildman–Crippen MR) is 49.1 cm³/mol. The maximum Gasteiger partial charge on any atom is 0.0623 e. The minimum absolute atomic E-state index is 0.460. The van der Waals surface area contributed by atoms with Crippen LogP contribution in [0.5, 0.6) is 0 Å². The fraction of sp³-hybridized carbons (Fsp3) is 0.455. The molecule has 0 unspecified atom stereocenters. The molecule has 2 aliphatic rings. The molecule has 0 amide bonds. The van der Waals surface area contributed by atoms with Gasteiger partial charge in [-0.3, -0.25) is 0 Å². The molecule has 0 radical (unpaired) electrons. The molecular formula is C11H13N. The van der Waals surface area contributed by atoms with Crippen molar-refractivity contribution in [1.82, 2.24) is 5.32 Å². The molecule has 1 spiro atoms. The van der Waals surface area contributed by atoms with Crippen LogP contribution in [0, 0.1) is 0 Å². The summed E-state index contributed by atoms with van der Waals surface area (Å²) < 4.78 is 7.56. The number of rotatable bonds is 0. The van der Waals surface area contributed by atoms with Crippen molar-refractivity contribution in [2.24, 2.45) is 0 Å². The van der Waals surface area contributed by atoms with Crippen LogP contribution in [0.25, 0.3) is 0 Å². The van der Waals surface area contributed by atoms with Crippen molar-refractivity contribution < 1.29 is 1.37 Å². The lowest BCUT2D eigenvalue weighted by atomic mass is 9.88. The molecule has 1 aromatic carbocycles. The van der Waals surface area contributed by atoms with Crippen LogP contribution in [0.3, 0.4) is 0 Å². The normalized spacial score (nSPS) is 24.8. The van der Waals surface area contributed by atoms with E-state index < -0.39 is 0 Å². The number of fused-ring (bicyclic) bond motifs is 2. The summed E-state index contributed by atoms with van der Waals surface area (Å²) in [5, 5.41) is 3.44. The number of hydrogen-bond donors (Lipinski definition) is 1. The molecule has 1 N–H and O–H groups in total. The molecule has 1 aliphatic heterocycles. The lowest BCUT2D eigenvalue weighted by molar-refractivity contribution is 0.531. The lowest BCUT2D eigenvalue weighted by Crippen LogP contribution is -2.33. The van der Waals surface area contributed by atoms with Gasteiger partial charge in [-0.2, -0.15) is 0 Å². The van der Waals surface area contributed by atoms with Gasteiger partial charge in [-0.05, 0) is 24.0 Å². The fourth-order valence-electron chi connectivity index (χ4n) is 2.26. The minimum atomic E-state index is 0.460. The van der Waals surface area contributed by atoms with Crippen LogP contribution in [0.15, 0.2) is 24.2 Å². The van der Waals surface area contributed by atoms with E-state index in [1.54, 1.807) is 0 Å². The van der Waals surface area contributed by atoms with Crippen LogP contribution < -0.4 is 5.32 Å². The lowest BCUT2D eigenvalue weighted by Gasteiger charge is -2.25. The van der Waals surface area contributed by atoms with Crippen molar-refractivity contribution >= 4 is 0 Å². The fourth-order valence-corrected chi connectivity index (χ4v) is 2.26. The van der Waals surface area contributed by atoms with E-state index in [0.29, 0.717) is 11.5 Å². The molecule has 1 aliphatic carbocycles. The summed E-state index contributed by atoms with van der Waals surface area (Å²) in [6, 6.07) is 6.72. The maximum absolute atomic E-state index is 7.56. The van der Waals surface area contributed by atoms with Crippen LogP contribution in [0.4, 0.5) is 0 Å². The van der Waals surface area contributed by atoms with Crippen molar-refractivity contribution in [3.8, 4) is 0 Å². The van der Waals surface area contributed by atoms with E-state index in [4.69, 9.17) is 1.37 Å². The maximum atomic E-state index is 7.56. The zero-order chi connectivity index (χ0) is 8.89. The largest absolute Gasteiger partial charge is 0.312 e. The molecule has 1 aromatic rings. The van der Waals surface area contributed by atoms with Gasteiger partial charge in [0.2, 0.25) is 0 Å². The molecule has 1 fully saturated rings. The van der Waals surface area contributed by atoms with Gasteiger partial charge in [0.15, 0.2) is 0 Å². The van der Waals surface area contributed by atoms with Crippen molar-refractivity contribution in [3.63, 3.8) is 0 Å². The summed E-state index contributed by atoms with van der Waals surface area (Å²) in [6.07, 6.45) is 2.65. The van der Waals surface area contributed by atoms with Gasteiger partial charge in [0.05, 0.1) is 1.37 Å². The van der Waals surface area contributed by atoms with Gasteiger partial charge in [0.25, 0.3) is 0 Å². The van der Waals surface area contributed by atoms with Gasteiger partial charge in [-0.15, -0.1) is 0 Å². The molecule has 1 heterocycles. The van der Waals surface area contributed by atoms with E-state index in [2.05, 4.69) is 11.4 Å². The van der Waals surface area contributed by atoms with E-state index in [-0.39, 0.29) is 0 Å². The van der Waals surface area contributed by atoms with Gasteiger partial charge in [0, 0.05) is 18.5 Å². The second-order valence-corrected chi connectivity index (χ2v) is 3.97. The van der Waals surface area contributed by atoms with E-state index in [1.165, 1.54) is 24.0 Å². The van der Waals surface area contributed by atoms with Crippen LogP contribution in [0.1, 0.15) is 25.3 Å². The zero-order valence-corrected chi connectivity index (χ0v) is 7.06. The van der Waals surface area contributed by atoms with Gasteiger partial charge in [-0.1, -0.05) is 24.2 Å². The highest BCUT2D eigenvalue weighted by atomic mass is 14.9. The van der Waals surface area contributed by atoms with E-state index in [9.17, 15) is 0 Å². The second kappa shape index (κ2) is 2.11. The first-order valence-corrected chi connectivity index (χ1v) is 4.61. The van der Waals surface area contributed by atoms with Crippen molar-refractivity contribution in [2.75, 3.05) is 6.54 Å². The molecule has 0 atom stereocenters. The Morgan fingerprint density at radius 1 is 1.42 bits per heavy atom. The van der Waals surface area contributed by atoms with Gasteiger partial charge >= 0.3 is 0 Å². The van der Waals surface area contributed by atoms with E-state index in [1.807, 2.05) is 12.1 Å². The summed E-state index contributed by atoms with van der Waals surface area (Å²) >= 11 is 0. The molecule has 12 heavy (non-hydrogen) atoms. The molecule has 0 bridgehead atoms. The first kappa shape index (κ1) is 5.76. The summed E-state index contributed by atoms with van der Waals surface area (Å²) in [4.78, 5) is 0. The van der Waals surface area contributed by atoms with Crippen molar-refractivity contribution in [2.45, 2.75) is 24.8 Å². The first-order valence-electron chi connectivity index (χ1n) is 5.11. The third-order valence-corrected chi connectivity index (χ3v) is 3.15. The summed E-state index contributed by atoms with van der Waals surface area (Å²) in [5.41, 5.74) is 3.31. The predicted octanol–water partition coefficient (Wildman–Crippen LogP) is 1.82. The number of benzene rings is 1. The average molecular weight is 160 g/mol. The topological polar surface area (TPSA) is 12.0 Å². The highest BCUT2D eigenvalue weighted by Gasteiger charge is 2.46. The number of nitrogens with one attached hydrogen (secondary N) is 1. The SMILES string of the molecule is [2H]c1ccc2c(c1)CNCC21CC1. The third kappa shape index (κ3) is 0.774. The Morgan fingerprint density at radius 2 is 2.33 bits per heavy atom. The smallest absolute Gasteiger partial charge is 0.0623 e. The van der Waals surface area contributed by atoms with Crippen molar-refractivity contribution in [3.05, 3.63) is 35.4 Å². The van der Waals surface area contributed by atoms with Crippen molar-refractivity contribution in [1.29, 1.82) is 0 Å². The van der Waals surface area contributed by atoms with Gasteiger partial charge in [0.1, 0.15) is 0 Å². The Bertz CT molecular complexity index is 355. The van der Waals surface area contributed by atoms with E-state index >= 15 is 0 Å². The van der Waals surface area contributed by atoms with Gasteiger partial charge < -0.3 is 5.32 Å². The molecule has 1 nitrogen and oxygen atoms in total. The zero-order valence-electron chi connectivity index (χ0n) is 8.06. The van der Waals surface area contributed by atoms with Crippen LogP contribution in [0.2, 0.25) is 0 Å². The van der Waals surface area contributed by atoms with Crippen LogP contribution in [-0.4, -0.2) is 6.54 Å². The van der Waals surface area contributed by atoms with Gasteiger partial charge in [-0.25, -0.2) is 0 Å². The molecular weight excluding hydrogens is 146 g/mol. The minimum Gasteiger partial charge on any atom is -0.312 e. The summed E-state index contributed by atoms with van der Waals surface area (Å²) in [5.74, 6) is 0. The Hall–Kier alpha value is -0.820. The molecule has 62 valence electrons. The molecule has 1 saturated carbocycles. The molecule has 0 saturated heterocycles. The second-order valence-electron chi connectivity index (χ2n) is 3.97. The highest BCUT2D eigenvalue weighted by Crippen LogP contribution is 2.50. The Morgan fingerprint density at radius 3 is 3.17 bits per heavy atom. The molecule has 1 heteroatoms. The Kier molecular flexibility index (Phi) is 1.01.